The van der Waals surface area contributed by atoms with E-state index in [0.29, 0.717) is 0 Å². The van der Waals surface area contributed by atoms with Gasteiger partial charge in [0, 0.05) is 5.25 Å². The van der Waals surface area contributed by atoms with Gasteiger partial charge < -0.3 is 10.1 Å². The maximum Gasteiger partial charge on any atom is 0.326 e. The molecule has 1 aromatic rings. The van der Waals surface area contributed by atoms with E-state index in [9.17, 15) is 24.3 Å². The molecule has 2 N–H and O–H groups in total. The van der Waals surface area contributed by atoms with Crippen LogP contribution < -0.4 is 4.87 Å². The predicted molar refractivity (Wildman–Crippen MR) is 90.1 cm³/mol. The summed E-state index contributed by atoms with van der Waals surface area (Å²) in [5.74, 6) is -2.75. The van der Waals surface area contributed by atoms with E-state index in [4.69, 9.17) is 0 Å². The van der Waals surface area contributed by atoms with Crippen molar-refractivity contribution < 1.29 is 19.5 Å². The minimum absolute atomic E-state index is 0.0187. The average Bonchev–Trinajstić information content (AvgIpc) is 3.25. The summed E-state index contributed by atoms with van der Waals surface area (Å²) in [5, 5.41) is 10.1. The van der Waals surface area contributed by atoms with E-state index < -0.39 is 23.8 Å². The molecule has 2 amide bonds. The third-order valence-corrected chi connectivity index (χ3v) is 8.32. The van der Waals surface area contributed by atoms with E-state index in [1.165, 1.54) is 6.92 Å². The first-order chi connectivity index (χ1) is 11.9. The van der Waals surface area contributed by atoms with Crippen LogP contribution in [0.4, 0.5) is 0 Å². The zero-order valence-corrected chi connectivity index (χ0v) is 14.7. The number of aromatic amines is 1. The number of carbonyl (C=O) groups excluding carboxylic acids is 2. The van der Waals surface area contributed by atoms with Gasteiger partial charge in [0.05, 0.1) is 21.7 Å². The molecule has 25 heavy (non-hydrogen) atoms. The Morgan fingerprint density at radius 1 is 1.32 bits per heavy atom. The highest BCUT2D eigenvalue weighted by atomic mass is 32.2. The Kier molecular flexibility index (Phi) is 2.99. The van der Waals surface area contributed by atoms with Crippen LogP contribution in [0, 0.1) is 23.7 Å². The van der Waals surface area contributed by atoms with Crippen LogP contribution in [0.5, 0.6) is 0 Å². The molecule has 3 fully saturated rings. The number of thioether (sulfide) groups is 1. The van der Waals surface area contributed by atoms with Gasteiger partial charge in [0.25, 0.3) is 0 Å². The van der Waals surface area contributed by atoms with Gasteiger partial charge in [-0.15, -0.1) is 0 Å². The molecular weight excluding hydrogens is 364 g/mol. The van der Waals surface area contributed by atoms with Crippen LogP contribution in [0.15, 0.2) is 15.4 Å². The van der Waals surface area contributed by atoms with Crippen molar-refractivity contribution in [3.63, 3.8) is 0 Å². The lowest BCUT2D eigenvalue weighted by atomic mass is 9.77. The molecule has 2 aliphatic heterocycles. The second kappa shape index (κ2) is 4.85. The van der Waals surface area contributed by atoms with Gasteiger partial charge in [-0.3, -0.25) is 19.3 Å². The molecule has 5 rings (SSSR count). The maximum absolute atomic E-state index is 12.8. The number of imide groups is 1. The zero-order chi connectivity index (χ0) is 17.6. The molecule has 7 nitrogen and oxygen atoms in total. The smallest absolute Gasteiger partial charge is 0.326 e. The standard InChI is InChI=1S/C16H14N2O5S2/c1-4(15(21)22)18-13(19)9-5-2-7(10(9)14(18)20)11-6(5)3-8-12(25-11)17-16(23)24-8/h3-5,7,9-11H,2H2,1H3,(H,17,23)(H,21,22)/t4-,5-,7+,9+,10+,11-/m1/s1. The number of carbonyl (C=O) groups is 3. The monoisotopic (exact) mass is 378 g/mol. The van der Waals surface area contributed by atoms with Crippen LogP contribution in [0.25, 0.3) is 6.08 Å². The van der Waals surface area contributed by atoms with Gasteiger partial charge in [0.15, 0.2) is 0 Å². The van der Waals surface area contributed by atoms with Crippen LogP contribution in [-0.4, -0.2) is 44.1 Å². The maximum atomic E-state index is 12.8. The fourth-order valence-corrected chi connectivity index (χ4v) is 7.37. The first kappa shape index (κ1) is 15.4. The Labute approximate surface area is 150 Å². The van der Waals surface area contributed by atoms with Crippen LogP contribution >= 0.6 is 23.1 Å². The fraction of sp³-hybridized carbons (Fsp3) is 0.500. The largest absolute Gasteiger partial charge is 0.480 e. The Morgan fingerprint density at radius 3 is 2.76 bits per heavy atom. The van der Waals surface area contributed by atoms with Crippen molar-refractivity contribution in [2.45, 2.75) is 29.7 Å². The summed E-state index contributed by atoms with van der Waals surface area (Å²) in [6, 6.07) is -1.13. The van der Waals surface area contributed by atoms with Gasteiger partial charge in [-0.2, -0.15) is 0 Å². The van der Waals surface area contributed by atoms with Crippen molar-refractivity contribution in [3.05, 3.63) is 20.1 Å². The number of amides is 2. The van der Waals surface area contributed by atoms with Crippen molar-refractivity contribution in [3.8, 4) is 0 Å². The van der Waals surface area contributed by atoms with Crippen LogP contribution in [0.2, 0.25) is 0 Å². The van der Waals surface area contributed by atoms with Crippen molar-refractivity contribution in [1.29, 1.82) is 0 Å². The van der Waals surface area contributed by atoms with E-state index in [1.807, 2.05) is 6.08 Å². The number of carboxylic acid groups (broad SMARTS) is 1. The van der Waals surface area contributed by atoms with Crippen LogP contribution in [0.1, 0.15) is 18.2 Å². The van der Waals surface area contributed by atoms with Gasteiger partial charge in [0.2, 0.25) is 11.8 Å². The number of nitrogens with one attached hydrogen (secondary N) is 1. The number of thiazole rings is 1. The molecule has 2 saturated carbocycles. The number of aliphatic carboxylic acids is 1. The normalized spacial score (nSPS) is 36.1. The third kappa shape index (κ3) is 1.82. The van der Waals surface area contributed by atoms with E-state index in [1.54, 1.807) is 11.8 Å². The van der Waals surface area contributed by atoms with Crippen molar-refractivity contribution in [2.24, 2.45) is 23.7 Å². The minimum Gasteiger partial charge on any atom is -0.480 e. The fourth-order valence-electron chi connectivity index (χ4n) is 4.93. The second-order valence-corrected chi connectivity index (χ2v) is 9.18. The summed E-state index contributed by atoms with van der Waals surface area (Å²) < 4.78 is 0. The van der Waals surface area contributed by atoms with Crippen molar-refractivity contribution in [2.75, 3.05) is 0 Å². The highest BCUT2D eigenvalue weighted by molar-refractivity contribution is 8.00. The van der Waals surface area contributed by atoms with E-state index in [-0.39, 0.29) is 33.8 Å². The molecule has 130 valence electrons. The van der Waals surface area contributed by atoms with Gasteiger partial charge in [0.1, 0.15) is 6.04 Å². The Balaban J connectivity index is 1.55. The minimum atomic E-state index is -1.17. The number of rotatable bonds is 2. The summed E-state index contributed by atoms with van der Waals surface area (Å²) in [4.78, 5) is 53.1. The van der Waals surface area contributed by atoms with Crippen LogP contribution in [0.3, 0.4) is 0 Å². The summed E-state index contributed by atoms with van der Waals surface area (Å²) in [5.41, 5.74) is 1.13. The number of carboxylic acids is 1. The molecule has 9 heteroatoms. The van der Waals surface area contributed by atoms with Crippen LogP contribution in [-0.2, 0) is 14.4 Å². The van der Waals surface area contributed by atoms with Crippen molar-refractivity contribution >= 4 is 47.0 Å². The summed E-state index contributed by atoms with van der Waals surface area (Å²) >= 11 is 2.72. The molecule has 1 saturated heterocycles. The van der Waals surface area contributed by atoms with Gasteiger partial charge >= 0.3 is 10.8 Å². The molecule has 0 radical (unpaired) electrons. The first-order valence-electron chi connectivity index (χ1n) is 8.09. The molecular formula is C16H14N2O5S2. The zero-order valence-electron chi connectivity index (χ0n) is 13.1. The summed E-state index contributed by atoms with van der Waals surface area (Å²) in [6.45, 7) is 1.38. The molecule has 3 heterocycles. The summed E-state index contributed by atoms with van der Waals surface area (Å²) in [7, 11) is 0. The number of nitrogens with zero attached hydrogens (tertiary/aromatic N) is 1. The van der Waals surface area contributed by atoms with Gasteiger partial charge in [-0.05, 0) is 31.3 Å². The third-order valence-electron chi connectivity index (χ3n) is 5.93. The molecule has 0 unspecified atom stereocenters. The molecule has 6 atom stereocenters. The lowest BCUT2D eigenvalue weighted by molar-refractivity contribution is -0.154. The number of H-pyrrole nitrogens is 1. The molecule has 1 aromatic heterocycles. The Bertz CT molecular complexity index is 931. The topological polar surface area (TPSA) is 108 Å². The Morgan fingerprint density at radius 2 is 2.04 bits per heavy atom. The van der Waals surface area contributed by atoms with Crippen molar-refractivity contribution in [1.82, 2.24) is 9.88 Å². The first-order valence-corrected chi connectivity index (χ1v) is 9.79. The molecule has 2 bridgehead atoms. The average molecular weight is 378 g/mol. The van der Waals surface area contributed by atoms with E-state index >= 15 is 0 Å². The Hall–Kier alpha value is -1.87. The predicted octanol–water partition coefficient (Wildman–Crippen LogP) is 1.02. The molecule has 0 aromatic carbocycles. The highest BCUT2D eigenvalue weighted by Gasteiger charge is 2.67. The number of aromatic nitrogens is 1. The number of hydrogen-bond donors (Lipinski definition) is 2. The SMILES string of the molecule is C[C@H](C(=O)O)N1C(=O)[C@@H]2[C@@H](C1=O)[C@@H]1C[C@@H]2C2=Cc3sc(=O)[nH]c3S[C@H]21. The highest BCUT2D eigenvalue weighted by Crippen LogP contribution is 2.64. The van der Waals surface area contributed by atoms with E-state index in [2.05, 4.69) is 4.98 Å². The second-order valence-electron chi connectivity index (χ2n) is 7.01. The van der Waals surface area contributed by atoms with Gasteiger partial charge in [-0.25, -0.2) is 4.79 Å². The molecule has 4 aliphatic rings. The number of hydrogen-bond acceptors (Lipinski definition) is 6. The lowest BCUT2D eigenvalue weighted by Gasteiger charge is -2.32. The van der Waals surface area contributed by atoms with E-state index in [0.717, 1.165) is 38.1 Å². The molecule has 0 spiro atoms. The molecule has 2 aliphatic carbocycles. The quantitative estimate of drug-likeness (QED) is 0.744. The summed E-state index contributed by atoms with van der Waals surface area (Å²) in [6.07, 6.45) is 2.78. The number of fused-ring (bicyclic) bond motifs is 9. The van der Waals surface area contributed by atoms with Gasteiger partial charge in [-0.1, -0.05) is 28.7 Å². The lowest BCUT2D eigenvalue weighted by Crippen LogP contribution is -2.44. The number of likely N-dealkylation sites (tertiary alicyclic amines) is 1.